The van der Waals surface area contributed by atoms with Crippen molar-refractivity contribution in [1.82, 2.24) is 0 Å². The smallest absolute Gasteiger partial charge is 0.191 e. The van der Waals surface area contributed by atoms with E-state index in [1.807, 2.05) is 0 Å². The topological polar surface area (TPSA) is 35.2 Å². The second-order valence-corrected chi connectivity index (χ2v) is 4.81. The molecule has 0 atom stereocenters. The van der Waals surface area contributed by atoms with Crippen LogP contribution in [0.1, 0.15) is 32.6 Å². The summed E-state index contributed by atoms with van der Waals surface area (Å²) in [5, 5.41) is 0. The molecule has 0 spiro atoms. The standard InChI is InChI=1S/C13H17F2NO/c1-8-2-4-10(5-3-8)17-13-11(14)6-9(16)7-12(13)15/h6-8,10H,2-5,16H2,1H3. The molecule has 1 aliphatic rings. The number of anilines is 1. The molecule has 1 aliphatic carbocycles. The van der Waals surface area contributed by atoms with Gasteiger partial charge < -0.3 is 10.5 Å². The fourth-order valence-corrected chi connectivity index (χ4v) is 2.21. The van der Waals surface area contributed by atoms with Gasteiger partial charge in [0.05, 0.1) is 6.10 Å². The van der Waals surface area contributed by atoms with Gasteiger partial charge in [-0.05, 0) is 31.6 Å². The maximum atomic E-state index is 13.5. The zero-order valence-corrected chi connectivity index (χ0v) is 9.88. The first-order valence-corrected chi connectivity index (χ1v) is 5.97. The third-order valence-electron chi connectivity index (χ3n) is 3.27. The summed E-state index contributed by atoms with van der Waals surface area (Å²) in [6, 6.07) is 2.17. The number of benzene rings is 1. The van der Waals surface area contributed by atoms with E-state index in [2.05, 4.69) is 6.92 Å². The molecule has 0 aliphatic heterocycles. The highest BCUT2D eigenvalue weighted by molar-refractivity contribution is 5.44. The lowest BCUT2D eigenvalue weighted by Crippen LogP contribution is -2.24. The molecule has 1 fully saturated rings. The summed E-state index contributed by atoms with van der Waals surface area (Å²) in [6.07, 6.45) is 3.71. The van der Waals surface area contributed by atoms with Crippen LogP contribution in [0.25, 0.3) is 0 Å². The van der Waals surface area contributed by atoms with Gasteiger partial charge in [-0.15, -0.1) is 0 Å². The molecule has 1 aromatic carbocycles. The lowest BCUT2D eigenvalue weighted by atomic mass is 9.89. The Balaban J connectivity index is 2.08. The SMILES string of the molecule is CC1CCC(Oc2c(F)cc(N)cc2F)CC1. The Morgan fingerprint density at radius 1 is 1.12 bits per heavy atom. The minimum Gasteiger partial charge on any atom is -0.484 e. The third kappa shape index (κ3) is 2.87. The van der Waals surface area contributed by atoms with Crippen LogP contribution in [-0.2, 0) is 0 Å². The highest BCUT2D eigenvalue weighted by atomic mass is 19.1. The number of nitrogen functional groups attached to an aromatic ring is 1. The van der Waals surface area contributed by atoms with Gasteiger partial charge in [0.1, 0.15) is 0 Å². The zero-order valence-electron chi connectivity index (χ0n) is 9.88. The van der Waals surface area contributed by atoms with Crippen molar-refractivity contribution in [3.05, 3.63) is 23.8 Å². The Labute approximate surface area is 99.8 Å². The van der Waals surface area contributed by atoms with Gasteiger partial charge in [-0.1, -0.05) is 6.92 Å². The van der Waals surface area contributed by atoms with E-state index < -0.39 is 11.6 Å². The highest BCUT2D eigenvalue weighted by Crippen LogP contribution is 2.30. The Morgan fingerprint density at radius 2 is 1.65 bits per heavy atom. The highest BCUT2D eigenvalue weighted by Gasteiger charge is 2.22. The van der Waals surface area contributed by atoms with E-state index >= 15 is 0 Å². The quantitative estimate of drug-likeness (QED) is 0.804. The normalized spacial score (nSPS) is 24.6. The molecule has 94 valence electrons. The first-order chi connectivity index (χ1) is 8.06. The molecular formula is C13H17F2NO. The van der Waals surface area contributed by atoms with E-state index in [9.17, 15) is 8.78 Å². The second-order valence-electron chi connectivity index (χ2n) is 4.81. The molecule has 1 saturated carbocycles. The molecule has 2 N–H and O–H groups in total. The summed E-state index contributed by atoms with van der Waals surface area (Å²) in [5.41, 5.74) is 5.42. The molecule has 0 unspecified atom stereocenters. The average molecular weight is 241 g/mol. The molecule has 17 heavy (non-hydrogen) atoms. The van der Waals surface area contributed by atoms with E-state index in [-0.39, 0.29) is 17.5 Å². The predicted molar refractivity (Wildman–Crippen MR) is 62.8 cm³/mol. The summed E-state index contributed by atoms with van der Waals surface area (Å²) in [7, 11) is 0. The summed E-state index contributed by atoms with van der Waals surface area (Å²) in [4.78, 5) is 0. The van der Waals surface area contributed by atoms with Gasteiger partial charge in [-0.3, -0.25) is 0 Å². The van der Waals surface area contributed by atoms with E-state index in [1.54, 1.807) is 0 Å². The van der Waals surface area contributed by atoms with Crippen molar-refractivity contribution in [2.24, 2.45) is 5.92 Å². The van der Waals surface area contributed by atoms with Crippen LogP contribution in [0.15, 0.2) is 12.1 Å². The maximum Gasteiger partial charge on any atom is 0.191 e. The minimum absolute atomic E-state index is 0.0737. The third-order valence-corrected chi connectivity index (χ3v) is 3.27. The molecule has 0 bridgehead atoms. The number of nitrogens with two attached hydrogens (primary N) is 1. The van der Waals surface area contributed by atoms with Crippen molar-refractivity contribution < 1.29 is 13.5 Å². The van der Waals surface area contributed by atoms with E-state index in [0.29, 0.717) is 5.92 Å². The molecule has 0 amide bonds. The van der Waals surface area contributed by atoms with Crippen molar-refractivity contribution in [2.45, 2.75) is 38.7 Å². The zero-order chi connectivity index (χ0) is 12.4. The van der Waals surface area contributed by atoms with Crippen LogP contribution in [0, 0.1) is 17.6 Å². The number of rotatable bonds is 2. The van der Waals surface area contributed by atoms with E-state index in [1.165, 1.54) is 0 Å². The number of ether oxygens (including phenoxy) is 1. The summed E-state index contributed by atoms with van der Waals surface area (Å²) in [6.45, 7) is 2.18. The molecular weight excluding hydrogens is 224 g/mol. The molecule has 1 aromatic rings. The van der Waals surface area contributed by atoms with Crippen LogP contribution < -0.4 is 10.5 Å². The average Bonchev–Trinajstić information content (AvgIpc) is 2.26. The molecule has 4 heteroatoms. The Bertz CT molecular complexity index is 377. The van der Waals surface area contributed by atoms with Crippen LogP contribution in [0.3, 0.4) is 0 Å². The van der Waals surface area contributed by atoms with Crippen molar-refractivity contribution >= 4 is 5.69 Å². The molecule has 2 nitrogen and oxygen atoms in total. The lowest BCUT2D eigenvalue weighted by molar-refractivity contribution is 0.125. The van der Waals surface area contributed by atoms with Crippen LogP contribution >= 0.6 is 0 Å². The van der Waals surface area contributed by atoms with Gasteiger partial charge in [0.25, 0.3) is 0 Å². The number of hydrogen-bond acceptors (Lipinski definition) is 2. The van der Waals surface area contributed by atoms with Crippen molar-refractivity contribution in [2.75, 3.05) is 5.73 Å². The van der Waals surface area contributed by atoms with Crippen LogP contribution in [0.4, 0.5) is 14.5 Å². The molecule has 0 heterocycles. The van der Waals surface area contributed by atoms with E-state index in [4.69, 9.17) is 10.5 Å². The largest absolute Gasteiger partial charge is 0.484 e. The van der Waals surface area contributed by atoms with Gasteiger partial charge in [0, 0.05) is 17.8 Å². The molecule has 0 aromatic heterocycles. The number of halogens is 2. The Hall–Kier alpha value is -1.32. The molecule has 0 radical (unpaired) electrons. The second kappa shape index (κ2) is 4.90. The predicted octanol–water partition coefficient (Wildman–Crippen LogP) is 3.50. The van der Waals surface area contributed by atoms with Gasteiger partial charge in [-0.25, -0.2) is 8.78 Å². The van der Waals surface area contributed by atoms with Crippen LogP contribution in [0.2, 0.25) is 0 Å². The van der Waals surface area contributed by atoms with Crippen molar-refractivity contribution in [1.29, 1.82) is 0 Å². The van der Waals surface area contributed by atoms with E-state index in [0.717, 1.165) is 37.8 Å². The lowest BCUT2D eigenvalue weighted by Gasteiger charge is -2.27. The summed E-state index contributed by atoms with van der Waals surface area (Å²) < 4.78 is 32.4. The van der Waals surface area contributed by atoms with Gasteiger partial charge in [-0.2, -0.15) is 0 Å². The minimum atomic E-state index is -0.721. The van der Waals surface area contributed by atoms with Crippen molar-refractivity contribution in [3.63, 3.8) is 0 Å². The fraction of sp³-hybridized carbons (Fsp3) is 0.538. The maximum absolute atomic E-state index is 13.5. The first-order valence-electron chi connectivity index (χ1n) is 5.97. The first kappa shape index (κ1) is 12.1. The van der Waals surface area contributed by atoms with Crippen LogP contribution in [-0.4, -0.2) is 6.10 Å². The summed E-state index contributed by atoms with van der Waals surface area (Å²) >= 11 is 0. The van der Waals surface area contributed by atoms with Gasteiger partial charge in [0.2, 0.25) is 0 Å². The number of hydrogen-bond donors (Lipinski definition) is 1. The summed E-state index contributed by atoms with van der Waals surface area (Å²) in [5.74, 6) is -1.06. The Morgan fingerprint density at radius 3 is 2.18 bits per heavy atom. The van der Waals surface area contributed by atoms with Gasteiger partial charge in [0.15, 0.2) is 17.4 Å². The molecule has 0 saturated heterocycles. The fourth-order valence-electron chi connectivity index (χ4n) is 2.21. The van der Waals surface area contributed by atoms with Crippen LogP contribution in [0.5, 0.6) is 5.75 Å². The monoisotopic (exact) mass is 241 g/mol. The molecule has 2 rings (SSSR count). The van der Waals surface area contributed by atoms with Crippen molar-refractivity contribution in [3.8, 4) is 5.75 Å². The van der Waals surface area contributed by atoms with Gasteiger partial charge >= 0.3 is 0 Å². The Kier molecular flexibility index (Phi) is 3.50.